The third-order valence-corrected chi connectivity index (χ3v) is 5.21. The van der Waals surface area contributed by atoms with Gasteiger partial charge in [-0.15, -0.1) is 0 Å². The molecule has 0 aliphatic rings. The maximum absolute atomic E-state index is 12.8. The summed E-state index contributed by atoms with van der Waals surface area (Å²) in [5.41, 5.74) is 2.93. The molecule has 2 amide bonds. The Bertz CT molecular complexity index is 1130. The van der Waals surface area contributed by atoms with Gasteiger partial charge in [0.1, 0.15) is 0 Å². The van der Waals surface area contributed by atoms with Crippen LogP contribution in [0.5, 0.6) is 11.5 Å². The molecule has 0 spiro atoms. The number of carbonyl (C=O) groups is 2. The van der Waals surface area contributed by atoms with Crippen LogP contribution in [0.3, 0.4) is 0 Å². The summed E-state index contributed by atoms with van der Waals surface area (Å²) >= 11 is 0. The molecule has 0 bridgehead atoms. The Labute approximate surface area is 194 Å². The third-order valence-electron chi connectivity index (χ3n) is 5.21. The van der Waals surface area contributed by atoms with Crippen molar-refractivity contribution in [3.63, 3.8) is 0 Å². The molecule has 0 heterocycles. The van der Waals surface area contributed by atoms with Crippen molar-refractivity contribution >= 4 is 23.6 Å². The van der Waals surface area contributed by atoms with Crippen LogP contribution in [0.4, 0.5) is 5.69 Å². The van der Waals surface area contributed by atoms with Gasteiger partial charge in [0.15, 0.2) is 11.5 Å². The van der Waals surface area contributed by atoms with Gasteiger partial charge in [-0.2, -0.15) is 0 Å². The predicted octanol–water partition coefficient (Wildman–Crippen LogP) is 4.35. The van der Waals surface area contributed by atoms with Crippen LogP contribution < -0.4 is 19.7 Å². The Morgan fingerprint density at radius 3 is 2.33 bits per heavy atom. The highest BCUT2D eigenvalue weighted by Crippen LogP contribution is 2.28. The first kappa shape index (κ1) is 23.6. The minimum Gasteiger partial charge on any atom is -0.493 e. The van der Waals surface area contributed by atoms with Crippen molar-refractivity contribution in [2.24, 2.45) is 0 Å². The number of carbonyl (C=O) groups excluding carboxylic acids is 2. The van der Waals surface area contributed by atoms with Crippen molar-refractivity contribution < 1.29 is 19.1 Å². The summed E-state index contributed by atoms with van der Waals surface area (Å²) < 4.78 is 10.5. The first-order valence-electron chi connectivity index (χ1n) is 10.6. The summed E-state index contributed by atoms with van der Waals surface area (Å²) in [7, 11) is 4.78. The minimum atomic E-state index is -0.255. The molecule has 0 aromatic heterocycles. The molecule has 6 heteroatoms. The molecule has 6 nitrogen and oxygen atoms in total. The standard InChI is InChI=1S/C27H28N2O4/c1-29(26(30)16-14-21-13-15-24(32-2)25(19-21)33-3)23-12-8-7-11-22(23)27(31)28-18-17-20-9-5-4-6-10-20/h4-16,19H,17-18H2,1-3H3,(H,28,31)/b16-14+. The van der Waals surface area contributed by atoms with Gasteiger partial charge in [0.2, 0.25) is 0 Å². The molecule has 3 aromatic rings. The maximum atomic E-state index is 12.8. The van der Waals surface area contributed by atoms with Gasteiger partial charge in [0.05, 0.1) is 25.5 Å². The Hall–Kier alpha value is -4.06. The zero-order valence-corrected chi connectivity index (χ0v) is 19.1. The molecule has 0 fully saturated rings. The maximum Gasteiger partial charge on any atom is 0.253 e. The molecular formula is C27H28N2O4. The largest absolute Gasteiger partial charge is 0.493 e. The molecule has 3 aromatic carbocycles. The molecule has 0 aliphatic heterocycles. The van der Waals surface area contributed by atoms with Crippen LogP contribution in [-0.4, -0.2) is 39.6 Å². The van der Waals surface area contributed by atoms with E-state index in [0.29, 0.717) is 29.3 Å². The van der Waals surface area contributed by atoms with Crippen LogP contribution in [0.15, 0.2) is 78.9 Å². The van der Waals surface area contributed by atoms with Crippen molar-refractivity contribution in [2.45, 2.75) is 6.42 Å². The Balaban J connectivity index is 1.68. The molecule has 0 aliphatic carbocycles. The van der Waals surface area contributed by atoms with Crippen LogP contribution in [-0.2, 0) is 11.2 Å². The average molecular weight is 445 g/mol. The number of hydrogen-bond donors (Lipinski definition) is 1. The zero-order chi connectivity index (χ0) is 23.6. The smallest absolute Gasteiger partial charge is 0.253 e. The van der Waals surface area contributed by atoms with Gasteiger partial charge in [0, 0.05) is 19.7 Å². The predicted molar refractivity (Wildman–Crippen MR) is 131 cm³/mol. The SMILES string of the molecule is COc1ccc(/C=C/C(=O)N(C)c2ccccc2C(=O)NCCc2ccccc2)cc1OC. The van der Waals surface area contributed by atoms with Crippen molar-refractivity contribution in [3.8, 4) is 11.5 Å². The highest BCUT2D eigenvalue weighted by Gasteiger charge is 2.17. The number of methoxy groups -OCH3 is 2. The monoisotopic (exact) mass is 444 g/mol. The van der Waals surface area contributed by atoms with E-state index in [-0.39, 0.29) is 11.8 Å². The van der Waals surface area contributed by atoms with E-state index in [0.717, 1.165) is 17.5 Å². The summed E-state index contributed by atoms with van der Waals surface area (Å²) in [4.78, 5) is 27.1. The summed E-state index contributed by atoms with van der Waals surface area (Å²) in [6.07, 6.45) is 3.90. The van der Waals surface area contributed by atoms with Gasteiger partial charge < -0.3 is 19.7 Å². The topological polar surface area (TPSA) is 67.9 Å². The number of rotatable bonds is 9. The molecule has 33 heavy (non-hydrogen) atoms. The Morgan fingerprint density at radius 2 is 1.61 bits per heavy atom. The number of anilines is 1. The molecule has 0 atom stereocenters. The third kappa shape index (κ3) is 6.23. The molecule has 0 saturated carbocycles. The van der Waals surface area contributed by atoms with Gasteiger partial charge >= 0.3 is 0 Å². The fourth-order valence-corrected chi connectivity index (χ4v) is 3.37. The zero-order valence-electron chi connectivity index (χ0n) is 19.1. The number of nitrogens with one attached hydrogen (secondary N) is 1. The van der Waals surface area contributed by atoms with Gasteiger partial charge in [-0.25, -0.2) is 0 Å². The Morgan fingerprint density at radius 1 is 0.909 bits per heavy atom. The number of para-hydroxylation sites is 1. The van der Waals surface area contributed by atoms with E-state index in [2.05, 4.69) is 5.32 Å². The van der Waals surface area contributed by atoms with E-state index < -0.39 is 0 Å². The summed E-state index contributed by atoms with van der Waals surface area (Å²) in [5, 5.41) is 2.94. The number of hydrogen-bond acceptors (Lipinski definition) is 4. The first-order valence-corrected chi connectivity index (χ1v) is 10.6. The van der Waals surface area contributed by atoms with E-state index in [1.54, 1.807) is 63.7 Å². The number of ether oxygens (including phenoxy) is 2. The van der Waals surface area contributed by atoms with Gasteiger partial charge in [-0.05, 0) is 47.9 Å². The van der Waals surface area contributed by atoms with E-state index in [1.807, 2.05) is 36.4 Å². The summed E-state index contributed by atoms with van der Waals surface area (Å²) in [5.74, 6) is 0.725. The lowest BCUT2D eigenvalue weighted by Gasteiger charge is -2.19. The highest BCUT2D eigenvalue weighted by molar-refractivity contribution is 6.08. The Kier molecular flexibility index (Phi) is 8.24. The number of amides is 2. The molecular weight excluding hydrogens is 416 g/mol. The van der Waals surface area contributed by atoms with Crippen LogP contribution in [0.25, 0.3) is 6.08 Å². The number of benzene rings is 3. The minimum absolute atomic E-state index is 0.218. The van der Waals surface area contributed by atoms with Crippen LogP contribution in [0, 0.1) is 0 Å². The van der Waals surface area contributed by atoms with E-state index in [4.69, 9.17) is 9.47 Å². The van der Waals surface area contributed by atoms with Crippen molar-refractivity contribution in [3.05, 3.63) is 95.6 Å². The highest BCUT2D eigenvalue weighted by atomic mass is 16.5. The van der Waals surface area contributed by atoms with Crippen LogP contribution >= 0.6 is 0 Å². The molecule has 0 saturated heterocycles. The normalized spacial score (nSPS) is 10.6. The lowest BCUT2D eigenvalue weighted by atomic mass is 10.1. The van der Waals surface area contributed by atoms with Gasteiger partial charge in [-0.1, -0.05) is 48.5 Å². The first-order chi connectivity index (χ1) is 16.0. The van der Waals surface area contributed by atoms with Crippen molar-refractivity contribution in [1.82, 2.24) is 5.32 Å². The second kappa shape index (κ2) is 11.5. The summed E-state index contributed by atoms with van der Waals surface area (Å²) in [6, 6.07) is 22.4. The molecule has 1 N–H and O–H groups in total. The summed E-state index contributed by atoms with van der Waals surface area (Å²) in [6.45, 7) is 0.508. The molecule has 0 radical (unpaired) electrons. The molecule has 0 unspecified atom stereocenters. The quantitative estimate of drug-likeness (QED) is 0.498. The van der Waals surface area contributed by atoms with Crippen molar-refractivity contribution in [2.75, 3.05) is 32.7 Å². The lowest BCUT2D eigenvalue weighted by Crippen LogP contribution is -2.30. The van der Waals surface area contributed by atoms with Crippen LogP contribution in [0.2, 0.25) is 0 Å². The number of nitrogens with zero attached hydrogens (tertiary/aromatic N) is 1. The average Bonchev–Trinajstić information content (AvgIpc) is 2.87. The number of likely N-dealkylation sites (N-methyl/N-ethyl adjacent to an activating group) is 1. The van der Waals surface area contributed by atoms with Crippen LogP contribution in [0.1, 0.15) is 21.5 Å². The van der Waals surface area contributed by atoms with Gasteiger partial charge in [0.25, 0.3) is 11.8 Å². The van der Waals surface area contributed by atoms with E-state index in [1.165, 1.54) is 11.0 Å². The fraction of sp³-hybridized carbons (Fsp3) is 0.185. The van der Waals surface area contributed by atoms with E-state index in [9.17, 15) is 9.59 Å². The molecule has 3 rings (SSSR count). The van der Waals surface area contributed by atoms with Gasteiger partial charge in [-0.3, -0.25) is 9.59 Å². The van der Waals surface area contributed by atoms with E-state index >= 15 is 0 Å². The lowest BCUT2D eigenvalue weighted by molar-refractivity contribution is -0.113. The molecule has 170 valence electrons. The second-order valence-electron chi connectivity index (χ2n) is 7.35. The fourth-order valence-electron chi connectivity index (χ4n) is 3.37. The van der Waals surface area contributed by atoms with Crippen molar-refractivity contribution in [1.29, 1.82) is 0 Å². The second-order valence-corrected chi connectivity index (χ2v) is 7.35.